The molecule has 0 saturated carbocycles. The smallest absolute Gasteiger partial charge is 0.337 e. The third-order valence-electron chi connectivity index (χ3n) is 1.95. The van der Waals surface area contributed by atoms with Crippen LogP contribution in [0.4, 0.5) is 4.39 Å². The highest BCUT2D eigenvalue weighted by molar-refractivity contribution is 5.91. The van der Waals surface area contributed by atoms with Crippen molar-refractivity contribution in [1.82, 2.24) is 0 Å². The number of esters is 2. The van der Waals surface area contributed by atoms with E-state index in [2.05, 4.69) is 9.47 Å². The van der Waals surface area contributed by atoms with Crippen molar-refractivity contribution in [1.29, 1.82) is 0 Å². The van der Waals surface area contributed by atoms with E-state index in [0.29, 0.717) is 5.56 Å². The highest BCUT2D eigenvalue weighted by Gasteiger charge is 2.07. The van der Waals surface area contributed by atoms with Gasteiger partial charge in [-0.05, 0) is 29.8 Å². The predicted octanol–water partition coefficient (Wildman–Crippen LogP) is 1.80. The minimum atomic E-state index is -0.641. The molecule has 0 spiro atoms. The summed E-state index contributed by atoms with van der Waals surface area (Å²) < 4.78 is 22.0. The fourth-order valence-corrected chi connectivity index (χ4v) is 1.18. The zero-order chi connectivity index (χ0) is 12.8. The zero-order valence-corrected chi connectivity index (χ0v) is 9.40. The van der Waals surface area contributed by atoms with Crippen molar-refractivity contribution >= 4 is 18.0 Å². The van der Waals surface area contributed by atoms with E-state index in [-0.39, 0.29) is 5.56 Å². The number of hydrogen-bond acceptors (Lipinski definition) is 4. The van der Waals surface area contributed by atoms with Crippen LogP contribution in [0.1, 0.15) is 15.9 Å². The van der Waals surface area contributed by atoms with Crippen LogP contribution >= 0.6 is 0 Å². The van der Waals surface area contributed by atoms with Gasteiger partial charge in [0.1, 0.15) is 5.82 Å². The predicted molar refractivity (Wildman–Crippen MR) is 58.8 cm³/mol. The molecule has 17 heavy (non-hydrogen) atoms. The lowest BCUT2D eigenvalue weighted by molar-refractivity contribution is -0.134. The van der Waals surface area contributed by atoms with Crippen LogP contribution in [0.5, 0.6) is 0 Å². The van der Waals surface area contributed by atoms with Gasteiger partial charge in [-0.2, -0.15) is 0 Å². The average Bonchev–Trinajstić information content (AvgIpc) is 2.34. The molecule has 0 saturated heterocycles. The maximum Gasteiger partial charge on any atom is 0.337 e. The molecule has 0 heterocycles. The average molecular weight is 238 g/mol. The number of methoxy groups -OCH3 is 2. The Morgan fingerprint density at radius 2 is 1.88 bits per heavy atom. The number of halogens is 1. The Morgan fingerprint density at radius 3 is 2.47 bits per heavy atom. The first-order valence-corrected chi connectivity index (χ1v) is 4.71. The van der Waals surface area contributed by atoms with Crippen LogP contribution in [-0.2, 0) is 14.3 Å². The Bertz CT molecular complexity index is 466. The number of ether oxygens (including phenoxy) is 2. The second-order valence-electron chi connectivity index (χ2n) is 3.12. The number of carbonyl (C=O) groups is 2. The lowest BCUT2D eigenvalue weighted by atomic mass is 10.1. The monoisotopic (exact) mass is 238 g/mol. The highest BCUT2D eigenvalue weighted by atomic mass is 19.1. The maximum atomic E-state index is 13.2. The Morgan fingerprint density at radius 1 is 1.18 bits per heavy atom. The topological polar surface area (TPSA) is 52.6 Å². The molecule has 0 N–H and O–H groups in total. The van der Waals surface area contributed by atoms with Crippen molar-refractivity contribution in [3.05, 3.63) is 41.2 Å². The molecule has 5 heteroatoms. The summed E-state index contributed by atoms with van der Waals surface area (Å²) in [7, 11) is 2.44. The SMILES string of the molecule is COC(=O)C=Cc1cc(F)cc(C(=O)OC)c1. The van der Waals surface area contributed by atoms with Crippen LogP contribution in [0, 0.1) is 5.82 Å². The second-order valence-corrected chi connectivity index (χ2v) is 3.12. The lowest BCUT2D eigenvalue weighted by Crippen LogP contribution is -2.02. The van der Waals surface area contributed by atoms with Gasteiger partial charge in [0.25, 0.3) is 0 Å². The van der Waals surface area contributed by atoms with Crippen molar-refractivity contribution in [3.63, 3.8) is 0 Å². The van der Waals surface area contributed by atoms with Crippen LogP contribution in [0.2, 0.25) is 0 Å². The van der Waals surface area contributed by atoms with Gasteiger partial charge in [0.15, 0.2) is 0 Å². The van der Waals surface area contributed by atoms with E-state index >= 15 is 0 Å². The van der Waals surface area contributed by atoms with E-state index in [9.17, 15) is 14.0 Å². The largest absolute Gasteiger partial charge is 0.466 e. The molecule has 0 aromatic heterocycles. The molecule has 1 aromatic rings. The van der Waals surface area contributed by atoms with Crippen molar-refractivity contribution in [2.24, 2.45) is 0 Å². The normalized spacial score (nSPS) is 10.3. The summed E-state index contributed by atoms with van der Waals surface area (Å²) in [6, 6.07) is 3.65. The summed E-state index contributed by atoms with van der Waals surface area (Å²) in [5.74, 6) is -1.79. The van der Waals surface area contributed by atoms with E-state index in [0.717, 1.165) is 12.1 Å². The van der Waals surface area contributed by atoms with Crippen LogP contribution in [-0.4, -0.2) is 26.2 Å². The number of hydrogen-bond donors (Lipinski definition) is 0. The Hall–Kier alpha value is -2.17. The highest BCUT2D eigenvalue weighted by Crippen LogP contribution is 2.12. The molecule has 0 radical (unpaired) electrons. The van der Waals surface area contributed by atoms with Gasteiger partial charge in [0.2, 0.25) is 0 Å². The third kappa shape index (κ3) is 3.71. The summed E-state index contributed by atoms with van der Waals surface area (Å²) in [6.45, 7) is 0. The first-order valence-electron chi connectivity index (χ1n) is 4.71. The molecule has 0 unspecified atom stereocenters. The Balaban J connectivity index is 3.01. The van der Waals surface area contributed by atoms with Gasteiger partial charge in [0.05, 0.1) is 19.8 Å². The van der Waals surface area contributed by atoms with Gasteiger partial charge in [-0.3, -0.25) is 0 Å². The molecule has 90 valence electrons. The quantitative estimate of drug-likeness (QED) is 0.595. The zero-order valence-electron chi connectivity index (χ0n) is 9.40. The number of benzene rings is 1. The Kier molecular flexibility index (Phi) is 4.39. The van der Waals surface area contributed by atoms with Gasteiger partial charge in [-0.15, -0.1) is 0 Å². The van der Waals surface area contributed by atoms with Gasteiger partial charge < -0.3 is 9.47 Å². The summed E-state index contributed by atoms with van der Waals surface area (Å²) in [6.07, 6.45) is 2.48. The molecule has 4 nitrogen and oxygen atoms in total. The van der Waals surface area contributed by atoms with Gasteiger partial charge in [-0.1, -0.05) is 0 Å². The van der Waals surface area contributed by atoms with E-state index in [1.807, 2.05) is 0 Å². The maximum absolute atomic E-state index is 13.2. The molecule has 0 amide bonds. The fraction of sp³-hybridized carbons (Fsp3) is 0.167. The molecule has 0 aliphatic carbocycles. The standard InChI is InChI=1S/C12H11FO4/c1-16-11(14)4-3-8-5-9(12(15)17-2)7-10(13)6-8/h3-7H,1-2H3. The van der Waals surface area contributed by atoms with Gasteiger partial charge in [-0.25, -0.2) is 14.0 Å². The van der Waals surface area contributed by atoms with Crippen LogP contribution < -0.4 is 0 Å². The van der Waals surface area contributed by atoms with Crippen molar-refractivity contribution in [2.75, 3.05) is 14.2 Å². The van der Waals surface area contributed by atoms with E-state index in [4.69, 9.17) is 0 Å². The molecule has 0 aliphatic heterocycles. The minimum absolute atomic E-state index is 0.0806. The summed E-state index contributed by atoms with van der Waals surface area (Å²) in [5.41, 5.74) is 0.452. The van der Waals surface area contributed by atoms with Crippen molar-refractivity contribution in [3.8, 4) is 0 Å². The Labute approximate surface area is 97.6 Å². The number of carbonyl (C=O) groups excluding carboxylic acids is 2. The molecule has 0 atom stereocenters. The lowest BCUT2D eigenvalue weighted by Gasteiger charge is -2.01. The third-order valence-corrected chi connectivity index (χ3v) is 1.95. The molecule has 1 aromatic carbocycles. The van der Waals surface area contributed by atoms with Gasteiger partial charge >= 0.3 is 11.9 Å². The molecular weight excluding hydrogens is 227 g/mol. The number of rotatable bonds is 3. The molecule has 0 bridgehead atoms. The summed E-state index contributed by atoms with van der Waals surface area (Å²) in [5, 5.41) is 0. The molecule has 1 rings (SSSR count). The second kappa shape index (κ2) is 5.79. The fourth-order valence-electron chi connectivity index (χ4n) is 1.18. The van der Waals surface area contributed by atoms with Crippen LogP contribution in [0.15, 0.2) is 24.3 Å². The van der Waals surface area contributed by atoms with Crippen LogP contribution in [0.25, 0.3) is 6.08 Å². The van der Waals surface area contributed by atoms with Crippen LogP contribution in [0.3, 0.4) is 0 Å². The summed E-state index contributed by atoms with van der Waals surface area (Å²) in [4.78, 5) is 22.1. The first kappa shape index (κ1) is 12.9. The summed E-state index contributed by atoms with van der Waals surface area (Å²) >= 11 is 0. The first-order chi connectivity index (χ1) is 8.06. The van der Waals surface area contributed by atoms with E-state index < -0.39 is 17.8 Å². The molecule has 0 fully saturated rings. The molecular formula is C12H11FO4. The van der Waals surface area contributed by atoms with E-state index in [1.165, 1.54) is 32.4 Å². The van der Waals surface area contributed by atoms with E-state index in [1.54, 1.807) is 0 Å². The van der Waals surface area contributed by atoms with Crippen molar-refractivity contribution < 1.29 is 23.5 Å². The molecule has 0 aliphatic rings. The van der Waals surface area contributed by atoms with Crippen molar-refractivity contribution in [2.45, 2.75) is 0 Å². The minimum Gasteiger partial charge on any atom is -0.466 e. The van der Waals surface area contributed by atoms with Gasteiger partial charge in [0, 0.05) is 6.08 Å².